The maximum Gasteiger partial charge on any atom is 0.328 e. The largest absolute Gasteiger partial charge is 0.456 e. The first-order chi connectivity index (χ1) is 14.4. The third kappa shape index (κ3) is 5.58. The lowest BCUT2D eigenvalue weighted by Gasteiger charge is -2.07. The zero-order valence-corrected chi connectivity index (χ0v) is 16.2. The fourth-order valence-corrected chi connectivity index (χ4v) is 2.52. The van der Waals surface area contributed by atoms with Gasteiger partial charge in [0.1, 0.15) is 12.2 Å². The van der Waals surface area contributed by atoms with Crippen LogP contribution in [-0.4, -0.2) is 44.4 Å². The van der Waals surface area contributed by atoms with Gasteiger partial charge in [0.15, 0.2) is 12.4 Å². The van der Waals surface area contributed by atoms with E-state index >= 15 is 0 Å². The monoisotopic (exact) mass is 408 g/mol. The fraction of sp³-hybridized carbons (Fsp3) is 0.190. The molecule has 0 aliphatic rings. The Bertz CT molecular complexity index is 1030. The minimum atomic E-state index is -0.795. The van der Waals surface area contributed by atoms with E-state index in [0.29, 0.717) is 22.5 Å². The first kappa shape index (κ1) is 20.9. The van der Waals surface area contributed by atoms with Crippen LogP contribution in [-0.2, 0) is 16.1 Å². The first-order valence-electron chi connectivity index (χ1n) is 9.16. The van der Waals surface area contributed by atoms with E-state index in [1.165, 1.54) is 17.8 Å². The number of anilines is 1. The minimum Gasteiger partial charge on any atom is -0.456 e. The fourth-order valence-electron chi connectivity index (χ4n) is 2.52. The number of aliphatic hydroxyl groups is 1. The van der Waals surface area contributed by atoms with Crippen LogP contribution in [0.1, 0.15) is 39.4 Å². The van der Waals surface area contributed by atoms with Gasteiger partial charge in [-0.05, 0) is 43.3 Å². The summed E-state index contributed by atoms with van der Waals surface area (Å²) < 4.78 is 6.20. The summed E-state index contributed by atoms with van der Waals surface area (Å²) in [6, 6.07) is 15.1. The number of amides is 1. The molecule has 3 aromatic rings. The van der Waals surface area contributed by atoms with Gasteiger partial charge in [0.2, 0.25) is 0 Å². The van der Waals surface area contributed by atoms with Crippen molar-refractivity contribution in [2.75, 3.05) is 11.9 Å². The highest BCUT2D eigenvalue weighted by Crippen LogP contribution is 2.12. The van der Waals surface area contributed by atoms with Gasteiger partial charge in [0.25, 0.3) is 5.91 Å². The molecule has 0 fully saturated rings. The molecule has 1 aromatic heterocycles. The zero-order valence-electron chi connectivity index (χ0n) is 16.2. The number of rotatable bonds is 8. The van der Waals surface area contributed by atoms with E-state index in [2.05, 4.69) is 15.6 Å². The molecule has 0 aliphatic carbocycles. The number of ether oxygens (including phenoxy) is 1. The molecule has 0 spiro atoms. The lowest BCUT2D eigenvalue weighted by atomic mass is 10.1. The number of nitrogens with zero attached hydrogens (tertiary/aromatic N) is 3. The molecule has 1 amide bonds. The second-order valence-electron chi connectivity index (χ2n) is 6.50. The molecule has 2 aromatic carbocycles. The maximum atomic E-state index is 12.2. The van der Waals surface area contributed by atoms with E-state index in [1.807, 2.05) is 6.07 Å². The molecular weight excluding hydrogens is 388 g/mol. The Kier molecular flexibility index (Phi) is 6.66. The second kappa shape index (κ2) is 9.57. The molecule has 0 saturated heterocycles. The summed E-state index contributed by atoms with van der Waals surface area (Å²) in [5, 5.41) is 19.6. The van der Waals surface area contributed by atoms with Crippen molar-refractivity contribution in [1.29, 1.82) is 0 Å². The molecule has 0 aliphatic heterocycles. The van der Waals surface area contributed by atoms with Crippen molar-refractivity contribution >= 4 is 23.3 Å². The summed E-state index contributed by atoms with van der Waals surface area (Å²) in [5.41, 5.74) is 1.74. The summed E-state index contributed by atoms with van der Waals surface area (Å²) in [6.45, 7) is 0.883. The van der Waals surface area contributed by atoms with Crippen molar-refractivity contribution in [3.8, 4) is 0 Å². The quantitative estimate of drug-likeness (QED) is 0.432. The normalized spacial score (nSPS) is 11.5. The highest BCUT2D eigenvalue weighted by atomic mass is 16.5. The average molecular weight is 408 g/mol. The van der Waals surface area contributed by atoms with Crippen molar-refractivity contribution in [3.05, 3.63) is 77.6 Å². The van der Waals surface area contributed by atoms with Crippen molar-refractivity contribution in [2.24, 2.45) is 0 Å². The number of nitrogens with one attached hydrogen (secondary N) is 1. The van der Waals surface area contributed by atoms with Crippen LogP contribution in [0.25, 0.3) is 0 Å². The molecule has 9 nitrogen and oxygen atoms in total. The van der Waals surface area contributed by atoms with Gasteiger partial charge in [-0.25, -0.2) is 4.68 Å². The van der Waals surface area contributed by atoms with Crippen LogP contribution >= 0.6 is 0 Å². The summed E-state index contributed by atoms with van der Waals surface area (Å²) in [6.07, 6.45) is 0.632. The average Bonchev–Trinajstić information content (AvgIpc) is 3.22. The summed E-state index contributed by atoms with van der Waals surface area (Å²) >= 11 is 0. The molecule has 154 valence electrons. The van der Waals surface area contributed by atoms with Crippen molar-refractivity contribution < 1.29 is 24.2 Å². The van der Waals surface area contributed by atoms with E-state index in [-0.39, 0.29) is 18.2 Å². The number of carbonyl (C=O) groups excluding carboxylic acids is 3. The van der Waals surface area contributed by atoms with Crippen LogP contribution in [0.5, 0.6) is 0 Å². The van der Waals surface area contributed by atoms with Crippen LogP contribution in [0.15, 0.2) is 60.8 Å². The van der Waals surface area contributed by atoms with Gasteiger partial charge in [-0.2, -0.15) is 0 Å². The lowest BCUT2D eigenvalue weighted by Crippen LogP contribution is -2.19. The first-order valence-corrected chi connectivity index (χ1v) is 9.16. The third-order valence-corrected chi connectivity index (χ3v) is 4.14. The van der Waals surface area contributed by atoms with Gasteiger partial charge < -0.3 is 15.2 Å². The van der Waals surface area contributed by atoms with Crippen LogP contribution in [0, 0.1) is 0 Å². The Morgan fingerprint density at radius 2 is 1.77 bits per heavy atom. The Morgan fingerprint density at radius 1 is 1.07 bits per heavy atom. The zero-order chi connectivity index (χ0) is 21.5. The predicted octanol–water partition coefficient (Wildman–Crippen LogP) is 2.01. The number of aromatic nitrogens is 3. The summed E-state index contributed by atoms with van der Waals surface area (Å²) in [4.78, 5) is 36.2. The molecule has 3 rings (SSSR count). The van der Waals surface area contributed by atoms with E-state index in [4.69, 9.17) is 4.74 Å². The molecule has 0 unspecified atom stereocenters. The molecule has 30 heavy (non-hydrogen) atoms. The maximum absolute atomic E-state index is 12.2. The number of Topliss-reactive ketones (excluding diaryl/α,β-unsaturated/α-hetero) is 1. The van der Waals surface area contributed by atoms with E-state index < -0.39 is 18.7 Å². The van der Waals surface area contributed by atoms with Gasteiger partial charge in [-0.15, -0.1) is 5.10 Å². The summed E-state index contributed by atoms with van der Waals surface area (Å²) in [5.74, 6) is -1.29. The van der Waals surface area contributed by atoms with Crippen LogP contribution in [0.3, 0.4) is 0 Å². The second-order valence-corrected chi connectivity index (χ2v) is 6.50. The minimum absolute atomic E-state index is 0.225. The number of carbonyl (C=O) groups is 3. The van der Waals surface area contributed by atoms with Gasteiger partial charge in [0, 0.05) is 16.8 Å². The SMILES string of the molecule is C[C@@H](O)c1cn(CC(=O)OCC(=O)c2ccc(NC(=O)c3ccccc3)cc2)nn1. The van der Waals surface area contributed by atoms with Crippen molar-refractivity contribution in [3.63, 3.8) is 0 Å². The molecule has 0 radical (unpaired) electrons. The van der Waals surface area contributed by atoms with Crippen LogP contribution in [0.2, 0.25) is 0 Å². The number of benzene rings is 2. The lowest BCUT2D eigenvalue weighted by molar-refractivity contribution is -0.143. The predicted molar refractivity (Wildman–Crippen MR) is 107 cm³/mol. The van der Waals surface area contributed by atoms with Crippen molar-refractivity contribution in [2.45, 2.75) is 19.6 Å². The molecule has 1 atom stereocenters. The van der Waals surface area contributed by atoms with Gasteiger partial charge in [-0.3, -0.25) is 14.4 Å². The Hall–Kier alpha value is -3.85. The molecule has 2 N–H and O–H groups in total. The molecule has 0 bridgehead atoms. The Morgan fingerprint density at radius 3 is 2.40 bits per heavy atom. The smallest absolute Gasteiger partial charge is 0.328 e. The Balaban J connectivity index is 1.49. The highest BCUT2D eigenvalue weighted by Gasteiger charge is 2.13. The van der Waals surface area contributed by atoms with Gasteiger partial charge in [0.05, 0.1) is 12.3 Å². The van der Waals surface area contributed by atoms with Gasteiger partial charge in [-0.1, -0.05) is 23.4 Å². The topological polar surface area (TPSA) is 123 Å². The van der Waals surface area contributed by atoms with Crippen LogP contribution in [0.4, 0.5) is 5.69 Å². The highest BCUT2D eigenvalue weighted by molar-refractivity contribution is 6.04. The third-order valence-electron chi connectivity index (χ3n) is 4.14. The molecular formula is C21H20N4O5. The van der Waals surface area contributed by atoms with E-state index in [9.17, 15) is 19.5 Å². The molecule has 9 heteroatoms. The number of ketones is 1. The summed E-state index contributed by atoms with van der Waals surface area (Å²) in [7, 11) is 0. The van der Waals surface area contributed by atoms with Crippen molar-refractivity contribution in [1.82, 2.24) is 15.0 Å². The Labute approximate surface area is 172 Å². The van der Waals surface area contributed by atoms with Gasteiger partial charge >= 0.3 is 5.97 Å². The number of esters is 1. The standard InChI is InChI=1S/C21H20N4O5/c1-14(26)18-11-25(24-23-18)12-20(28)30-13-19(27)15-7-9-17(10-8-15)22-21(29)16-5-3-2-4-6-16/h2-11,14,26H,12-13H2,1H3,(H,22,29)/t14-/m1/s1. The number of hydrogen-bond donors (Lipinski definition) is 2. The van der Waals surface area contributed by atoms with E-state index in [1.54, 1.807) is 48.5 Å². The van der Waals surface area contributed by atoms with Crippen LogP contribution < -0.4 is 5.32 Å². The molecule has 0 saturated carbocycles. The molecule has 1 heterocycles. The number of aliphatic hydroxyl groups excluding tert-OH is 1. The number of hydrogen-bond acceptors (Lipinski definition) is 7. The van der Waals surface area contributed by atoms with E-state index in [0.717, 1.165) is 0 Å².